The topological polar surface area (TPSA) is 32.5 Å². The van der Waals surface area contributed by atoms with Gasteiger partial charge in [-0.2, -0.15) is 0 Å². The molecule has 1 aromatic rings. The van der Waals surface area contributed by atoms with E-state index in [4.69, 9.17) is 5.73 Å². The molecule has 0 radical (unpaired) electrons. The number of nitrogens with zero attached hydrogens (tertiary/aromatic N) is 2. The predicted octanol–water partition coefficient (Wildman–Crippen LogP) is 2.13. The van der Waals surface area contributed by atoms with Crippen molar-refractivity contribution in [1.82, 2.24) is 9.80 Å². The molecule has 1 fully saturated rings. The maximum absolute atomic E-state index is 14.0. The van der Waals surface area contributed by atoms with Gasteiger partial charge in [-0.25, -0.2) is 13.2 Å². The highest BCUT2D eigenvalue weighted by atomic mass is 19.2. The van der Waals surface area contributed by atoms with Crippen LogP contribution in [0.15, 0.2) is 12.1 Å². The van der Waals surface area contributed by atoms with Crippen LogP contribution in [0.1, 0.15) is 24.4 Å². The Balaban J connectivity index is 2.24. The highest BCUT2D eigenvalue weighted by Gasteiger charge is 2.28. The fourth-order valence-electron chi connectivity index (χ4n) is 3.03. The third-order valence-corrected chi connectivity index (χ3v) is 4.29. The van der Waals surface area contributed by atoms with Gasteiger partial charge in [0.2, 0.25) is 0 Å². The van der Waals surface area contributed by atoms with E-state index in [1.54, 1.807) is 0 Å². The summed E-state index contributed by atoms with van der Waals surface area (Å²) in [6.45, 7) is 2.05. The summed E-state index contributed by atoms with van der Waals surface area (Å²) in [6, 6.07) is 1.28. The molecule has 3 nitrogen and oxygen atoms in total. The van der Waals surface area contributed by atoms with Gasteiger partial charge < -0.3 is 10.6 Å². The summed E-state index contributed by atoms with van der Waals surface area (Å²) in [4.78, 5) is 4.19. The zero-order valence-corrected chi connectivity index (χ0v) is 12.5. The fraction of sp³-hybridized carbons (Fsp3) is 0.600. The standard InChI is InChI=1S/C15H22F3N3/c1-20-5-3-4-10(9-20)21(2)15(8-19)11-6-13(17)14(18)7-12(11)16/h6-7,10,15H,3-5,8-9,19H2,1-2H3. The number of piperidine rings is 1. The molecule has 6 heteroatoms. The highest BCUT2D eigenvalue weighted by molar-refractivity contribution is 5.24. The Morgan fingerprint density at radius 2 is 1.95 bits per heavy atom. The molecule has 0 aliphatic carbocycles. The maximum Gasteiger partial charge on any atom is 0.161 e. The number of hydrogen-bond donors (Lipinski definition) is 1. The van der Waals surface area contributed by atoms with Crippen molar-refractivity contribution < 1.29 is 13.2 Å². The first-order valence-corrected chi connectivity index (χ1v) is 7.19. The molecule has 0 spiro atoms. The average molecular weight is 301 g/mol. The second-order valence-corrected chi connectivity index (χ2v) is 5.76. The van der Waals surface area contributed by atoms with E-state index in [0.29, 0.717) is 6.07 Å². The van der Waals surface area contributed by atoms with Crippen molar-refractivity contribution in [3.05, 3.63) is 35.1 Å². The smallest absolute Gasteiger partial charge is 0.161 e. The van der Waals surface area contributed by atoms with Gasteiger partial charge in [0.1, 0.15) is 5.82 Å². The first-order chi connectivity index (χ1) is 9.93. The maximum atomic E-state index is 14.0. The summed E-state index contributed by atoms with van der Waals surface area (Å²) in [6.07, 6.45) is 2.05. The van der Waals surface area contributed by atoms with Crippen LogP contribution < -0.4 is 5.73 Å². The van der Waals surface area contributed by atoms with Gasteiger partial charge in [-0.15, -0.1) is 0 Å². The van der Waals surface area contributed by atoms with Crippen LogP contribution >= 0.6 is 0 Å². The van der Waals surface area contributed by atoms with Crippen LogP contribution in [0.25, 0.3) is 0 Å². The molecule has 1 aliphatic heterocycles. The molecule has 0 amide bonds. The monoisotopic (exact) mass is 301 g/mol. The van der Waals surface area contributed by atoms with Gasteiger partial charge in [-0.3, -0.25) is 4.90 Å². The van der Waals surface area contributed by atoms with Crippen molar-refractivity contribution in [2.45, 2.75) is 24.9 Å². The molecule has 1 aliphatic rings. The Labute approximate surface area is 123 Å². The van der Waals surface area contributed by atoms with Crippen LogP contribution in [0.3, 0.4) is 0 Å². The first kappa shape index (κ1) is 16.3. The van der Waals surface area contributed by atoms with Gasteiger partial charge in [0.25, 0.3) is 0 Å². The molecule has 2 atom stereocenters. The van der Waals surface area contributed by atoms with Crippen molar-refractivity contribution in [1.29, 1.82) is 0 Å². The number of benzene rings is 1. The lowest BCUT2D eigenvalue weighted by molar-refractivity contribution is 0.0993. The Morgan fingerprint density at radius 3 is 2.57 bits per heavy atom. The lowest BCUT2D eigenvalue weighted by atomic mass is 9.99. The van der Waals surface area contributed by atoms with Crippen molar-refractivity contribution in [3.63, 3.8) is 0 Å². The van der Waals surface area contributed by atoms with E-state index < -0.39 is 23.5 Å². The lowest BCUT2D eigenvalue weighted by Gasteiger charge is -2.40. The third-order valence-electron chi connectivity index (χ3n) is 4.29. The SMILES string of the molecule is CN1CCCC(N(C)C(CN)c2cc(F)c(F)cc2F)C1. The van der Waals surface area contributed by atoms with Gasteiger partial charge in [0, 0.05) is 30.8 Å². The number of halogens is 3. The Hall–Kier alpha value is -1.11. The predicted molar refractivity (Wildman–Crippen MR) is 76.4 cm³/mol. The first-order valence-electron chi connectivity index (χ1n) is 7.19. The molecule has 0 bridgehead atoms. The van der Waals surface area contributed by atoms with Crippen LogP contribution in [0.5, 0.6) is 0 Å². The summed E-state index contributed by atoms with van der Waals surface area (Å²) < 4.78 is 40.5. The number of hydrogen-bond acceptors (Lipinski definition) is 3. The quantitative estimate of drug-likeness (QED) is 0.865. The van der Waals surface area contributed by atoms with Crippen molar-refractivity contribution >= 4 is 0 Å². The average Bonchev–Trinajstić information content (AvgIpc) is 2.45. The normalized spacial score (nSPS) is 21.8. The molecule has 1 aromatic carbocycles. The van der Waals surface area contributed by atoms with Crippen molar-refractivity contribution in [2.75, 3.05) is 33.7 Å². The Bertz CT molecular complexity index is 495. The number of likely N-dealkylation sites (N-methyl/N-ethyl adjacent to an activating group) is 2. The van der Waals surface area contributed by atoms with E-state index in [1.165, 1.54) is 0 Å². The molecule has 118 valence electrons. The van der Waals surface area contributed by atoms with E-state index in [0.717, 1.165) is 32.0 Å². The van der Waals surface area contributed by atoms with E-state index in [9.17, 15) is 13.2 Å². The summed E-state index contributed by atoms with van der Waals surface area (Å²) in [7, 11) is 3.90. The van der Waals surface area contributed by atoms with Gasteiger partial charge in [-0.05, 0) is 39.5 Å². The minimum Gasteiger partial charge on any atom is -0.329 e. The summed E-state index contributed by atoms with van der Waals surface area (Å²) >= 11 is 0. The zero-order valence-electron chi connectivity index (χ0n) is 12.5. The number of rotatable bonds is 4. The molecule has 0 aromatic heterocycles. The van der Waals surface area contributed by atoms with Gasteiger partial charge in [-0.1, -0.05) is 0 Å². The summed E-state index contributed by atoms with van der Waals surface area (Å²) in [5, 5.41) is 0. The minimum atomic E-state index is -1.17. The molecule has 1 saturated heterocycles. The zero-order chi connectivity index (χ0) is 15.6. The van der Waals surface area contributed by atoms with Crippen LogP contribution in [0, 0.1) is 17.5 Å². The molecular formula is C15H22F3N3. The van der Waals surface area contributed by atoms with Crippen LogP contribution in [0.2, 0.25) is 0 Å². The second kappa shape index (κ2) is 6.77. The molecule has 1 heterocycles. The number of nitrogens with two attached hydrogens (primary N) is 1. The molecule has 21 heavy (non-hydrogen) atoms. The lowest BCUT2D eigenvalue weighted by Crippen LogP contribution is -2.47. The fourth-order valence-corrected chi connectivity index (χ4v) is 3.03. The second-order valence-electron chi connectivity index (χ2n) is 5.76. The summed E-state index contributed by atoms with van der Waals surface area (Å²) in [5.41, 5.74) is 5.88. The van der Waals surface area contributed by atoms with Crippen molar-refractivity contribution in [2.24, 2.45) is 5.73 Å². The van der Waals surface area contributed by atoms with Gasteiger partial charge in [0.15, 0.2) is 11.6 Å². The molecular weight excluding hydrogens is 279 g/mol. The van der Waals surface area contributed by atoms with Crippen LogP contribution in [0.4, 0.5) is 13.2 Å². The summed E-state index contributed by atoms with van der Waals surface area (Å²) in [5.74, 6) is -2.97. The van der Waals surface area contributed by atoms with E-state index >= 15 is 0 Å². The van der Waals surface area contributed by atoms with E-state index in [2.05, 4.69) is 4.90 Å². The van der Waals surface area contributed by atoms with E-state index in [-0.39, 0.29) is 18.2 Å². The molecule has 0 saturated carbocycles. The Morgan fingerprint density at radius 1 is 1.29 bits per heavy atom. The van der Waals surface area contributed by atoms with Crippen LogP contribution in [-0.2, 0) is 0 Å². The third kappa shape index (κ3) is 3.56. The molecule has 2 rings (SSSR count). The van der Waals surface area contributed by atoms with Crippen molar-refractivity contribution in [3.8, 4) is 0 Å². The molecule has 2 unspecified atom stereocenters. The van der Waals surface area contributed by atoms with Gasteiger partial charge >= 0.3 is 0 Å². The van der Waals surface area contributed by atoms with Crippen LogP contribution in [-0.4, -0.2) is 49.6 Å². The Kier molecular flexibility index (Phi) is 5.24. The van der Waals surface area contributed by atoms with E-state index in [1.807, 2.05) is 19.0 Å². The van der Waals surface area contributed by atoms with Gasteiger partial charge in [0.05, 0.1) is 6.04 Å². The minimum absolute atomic E-state index is 0.118. The number of likely N-dealkylation sites (tertiary alicyclic amines) is 1. The largest absolute Gasteiger partial charge is 0.329 e. The molecule has 2 N–H and O–H groups in total. The highest BCUT2D eigenvalue weighted by Crippen LogP contribution is 2.27.